The Morgan fingerprint density at radius 1 is 1.16 bits per heavy atom. The molecule has 2 amide bonds. The van der Waals surface area contributed by atoms with Gasteiger partial charge in [0.25, 0.3) is 5.91 Å². The standard InChI is InChI=1S/C18H24N2O4S/c1-11(18(23)24)25-15-6-4-3-5-14(15)17(22)20-13-9-7-12(8-10-13)16(21)19-2/h3-6,11-13H,7-10H2,1-2H3,(H,19,21)(H,20,22)(H,23,24). The summed E-state index contributed by atoms with van der Waals surface area (Å²) >= 11 is 1.16. The molecule has 0 saturated heterocycles. The molecule has 6 nitrogen and oxygen atoms in total. The number of carboxylic acid groups (broad SMARTS) is 1. The summed E-state index contributed by atoms with van der Waals surface area (Å²) in [5.41, 5.74) is 0.494. The van der Waals surface area contributed by atoms with Gasteiger partial charge in [-0.1, -0.05) is 12.1 Å². The average Bonchev–Trinajstić information content (AvgIpc) is 2.62. The first kappa shape index (κ1) is 19.3. The summed E-state index contributed by atoms with van der Waals surface area (Å²) in [6.07, 6.45) is 3.06. The van der Waals surface area contributed by atoms with Crippen LogP contribution in [0.25, 0.3) is 0 Å². The van der Waals surface area contributed by atoms with Gasteiger partial charge in [-0.05, 0) is 44.7 Å². The largest absolute Gasteiger partial charge is 0.480 e. The maximum atomic E-state index is 12.6. The predicted octanol–water partition coefficient (Wildman–Crippen LogP) is 2.29. The van der Waals surface area contributed by atoms with Crippen LogP contribution in [0, 0.1) is 5.92 Å². The Labute approximate surface area is 151 Å². The maximum Gasteiger partial charge on any atom is 0.316 e. The van der Waals surface area contributed by atoms with E-state index in [9.17, 15) is 14.4 Å². The van der Waals surface area contributed by atoms with Gasteiger partial charge in [-0.25, -0.2) is 0 Å². The van der Waals surface area contributed by atoms with Crippen LogP contribution in [0.5, 0.6) is 0 Å². The Bertz CT molecular complexity index is 642. The first-order valence-corrected chi connectivity index (χ1v) is 9.31. The molecule has 1 unspecified atom stereocenters. The highest BCUT2D eigenvalue weighted by Gasteiger charge is 2.27. The third-order valence-electron chi connectivity index (χ3n) is 4.46. The molecule has 0 bridgehead atoms. The minimum absolute atomic E-state index is 0.0254. The van der Waals surface area contributed by atoms with E-state index in [2.05, 4.69) is 10.6 Å². The van der Waals surface area contributed by atoms with Gasteiger partial charge in [-0.15, -0.1) is 11.8 Å². The van der Waals surface area contributed by atoms with Crippen LogP contribution in [-0.2, 0) is 9.59 Å². The lowest BCUT2D eigenvalue weighted by Gasteiger charge is -2.28. The van der Waals surface area contributed by atoms with E-state index in [1.54, 1.807) is 38.2 Å². The lowest BCUT2D eigenvalue weighted by molar-refractivity contribution is -0.136. The molecule has 0 radical (unpaired) electrons. The molecule has 0 aliphatic heterocycles. The van der Waals surface area contributed by atoms with E-state index in [4.69, 9.17) is 5.11 Å². The van der Waals surface area contributed by atoms with Crippen LogP contribution in [-0.4, -0.2) is 41.2 Å². The number of carboxylic acids is 1. The van der Waals surface area contributed by atoms with Gasteiger partial charge in [0.1, 0.15) is 5.25 Å². The van der Waals surface area contributed by atoms with Crippen LogP contribution in [0.3, 0.4) is 0 Å². The van der Waals surface area contributed by atoms with E-state index in [1.165, 1.54) is 0 Å². The van der Waals surface area contributed by atoms with Crippen molar-refractivity contribution in [3.8, 4) is 0 Å². The molecule has 0 aromatic heterocycles. The van der Waals surface area contributed by atoms with Gasteiger partial charge in [0.2, 0.25) is 5.91 Å². The average molecular weight is 364 g/mol. The monoisotopic (exact) mass is 364 g/mol. The Hall–Kier alpha value is -2.02. The minimum atomic E-state index is -0.910. The van der Waals surface area contributed by atoms with Gasteiger partial charge < -0.3 is 15.7 Å². The molecular formula is C18H24N2O4S. The fraction of sp³-hybridized carbons (Fsp3) is 0.500. The Balaban J connectivity index is 1.98. The van der Waals surface area contributed by atoms with Crippen LogP contribution in [0.15, 0.2) is 29.2 Å². The summed E-state index contributed by atoms with van der Waals surface area (Å²) in [7, 11) is 1.64. The highest BCUT2D eigenvalue weighted by atomic mass is 32.2. The number of hydrogen-bond acceptors (Lipinski definition) is 4. The van der Waals surface area contributed by atoms with E-state index in [0.29, 0.717) is 10.5 Å². The smallest absolute Gasteiger partial charge is 0.316 e. The SMILES string of the molecule is CNC(=O)C1CCC(NC(=O)c2ccccc2SC(C)C(=O)O)CC1. The molecular weight excluding hydrogens is 340 g/mol. The second-order valence-electron chi connectivity index (χ2n) is 6.23. The van der Waals surface area contributed by atoms with Crippen molar-refractivity contribution in [2.45, 2.75) is 48.8 Å². The molecule has 136 valence electrons. The van der Waals surface area contributed by atoms with Gasteiger partial charge in [0, 0.05) is 23.9 Å². The third kappa shape index (κ3) is 5.22. The molecule has 1 atom stereocenters. The number of carbonyl (C=O) groups excluding carboxylic acids is 2. The predicted molar refractivity (Wildman–Crippen MR) is 96.7 cm³/mol. The zero-order valence-corrected chi connectivity index (χ0v) is 15.3. The first-order chi connectivity index (χ1) is 11.9. The quantitative estimate of drug-likeness (QED) is 0.673. The number of rotatable bonds is 6. The van der Waals surface area contributed by atoms with Gasteiger partial charge in [-0.2, -0.15) is 0 Å². The number of carbonyl (C=O) groups is 3. The molecule has 1 fully saturated rings. The number of amides is 2. The van der Waals surface area contributed by atoms with Gasteiger partial charge in [0.05, 0.1) is 5.56 Å². The van der Waals surface area contributed by atoms with Crippen molar-refractivity contribution in [3.63, 3.8) is 0 Å². The van der Waals surface area contributed by atoms with Crippen molar-refractivity contribution in [1.82, 2.24) is 10.6 Å². The zero-order valence-electron chi connectivity index (χ0n) is 14.5. The molecule has 1 aromatic carbocycles. The van der Waals surface area contributed by atoms with Gasteiger partial charge in [0.15, 0.2) is 0 Å². The summed E-state index contributed by atoms with van der Waals surface area (Å²) in [5, 5.41) is 14.1. The Morgan fingerprint density at radius 3 is 2.40 bits per heavy atom. The molecule has 1 aliphatic carbocycles. The molecule has 25 heavy (non-hydrogen) atoms. The first-order valence-electron chi connectivity index (χ1n) is 8.43. The molecule has 0 spiro atoms. The normalized spacial score (nSPS) is 21.2. The molecule has 3 N–H and O–H groups in total. The number of aliphatic carboxylic acids is 1. The Morgan fingerprint density at radius 2 is 1.80 bits per heavy atom. The van der Waals surface area contributed by atoms with Crippen LogP contribution >= 0.6 is 11.8 Å². The summed E-state index contributed by atoms with van der Waals surface area (Å²) in [6.45, 7) is 1.60. The summed E-state index contributed by atoms with van der Waals surface area (Å²) in [6, 6.07) is 7.09. The van der Waals surface area contributed by atoms with E-state index in [1.807, 2.05) is 0 Å². The summed E-state index contributed by atoms with van der Waals surface area (Å²) in [5.74, 6) is -1.01. The van der Waals surface area contributed by atoms with E-state index < -0.39 is 11.2 Å². The molecule has 2 rings (SSSR count). The fourth-order valence-corrected chi connectivity index (χ4v) is 3.89. The highest BCUT2D eigenvalue weighted by molar-refractivity contribution is 8.00. The molecule has 0 heterocycles. The van der Waals surface area contributed by atoms with Crippen LogP contribution in [0.4, 0.5) is 0 Å². The van der Waals surface area contributed by atoms with Crippen LogP contribution in [0.2, 0.25) is 0 Å². The van der Waals surface area contributed by atoms with Crippen LogP contribution in [0.1, 0.15) is 43.0 Å². The fourth-order valence-electron chi connectivity index (χ4n) is 2.97. The zero-order chi connectivity index (χ0) is 18.4. The highest BCUT2D eigenvalue weighted by Crippen LogP contribution is 2.28. The van der Waals surface area contributed by atoms with Gasteiger partial charge >= 0.3 is 5.97 Å². The van der Waals surface area contributed by atoms with E-state index in [-0.39, 0.29) is 23.8 Å². The van der Waals surface area contributed by atoms with Crippen molar-refractivity contribution >= 4 is 29.5 Å². The van der Waals surface area contributed by atoms with Crippen LogP contribution < -0.4 is 10.6 Å². The minimum Gasteiger partial charge on any atom is -0.480 e. The number of hydrogen-bond donors (Lipinski definition) is 3. The summed E-state index contributed by atoms with van der Waals surface area (Å²) < 4.78 is 0. The summed E-state index contributed by atoms with van der Waals surface area (Å²) in [4.78, 5) is 36.0. The molecule has 7 heteroatoms. The number of benzene rings is 1. The number of nitrogens with one attached hydrogen (secondary N) is 2. The second-order valence-corrected chi connectivity index (χ2v) is 7.61. The van der Waals surface area contributed by atoms with Crippen molar-refractivity contribution in [3.05, 3.63) is 29.8 Å². The van der Waals surface area contributed by atoms with Crippen molar-refractivity contribution < 1.29 is 19.5 Å². The molecule has 1 aliphatic rings. The Kier molecular flexibility index (Phi) is 6.87. The second kappa shape index (κ2) is 8.89. The molecule has 1 saturated carbocycles. The topological polar surface area (TPSA) is 95.5 Å². The van der Waals surface area contributed by atoms with Gasteiger partial charge in [-0.3, -0.25) is 14.4 Å². The van der Waals surface area contributed by atoms with E-state index >= 15 is 0 Å². The number of thioether (sulfide) groups is 1. The van der Waals surface area contributed by atoms with Crippen molar-refractivity contribution in [2.75, 3.05) is 7.05 Å². The maximum absolute atomic E-state index is 12.6. The lowest BCUT2D eigenvalue weighted by atomic mass is 9.85. The van der Waals surface area contributed by atoms with Crippen molar-refractivity contribution in [2.24, 2.45) is 5.92 Å². The molecule has 1 aromatic rings. The van der Waals surface area contributed by atoms with Crippen molar-refractivity contribution in [1.29, 1.82) is 0 Å². The lowest BCUT2D eigenvalue weighted by Crippen LogP contribution is -2.40. The van der Waals surface area contributed by atoms with E-state index in [0.717, 1.165) is 37.4 Å². The third-order valence-corrected chi connectivity index (χ3v) is 5.63.